The molecule has 0 spiro atoms. The first kappa shape index (κ1) is 11.8. The molecule has 0 amide bonds. The van der Waals surface area contributed by atoms with Crippen LogP contribution in [-0.4, -0.2) is 9.66 Å². The monoisotopic (exact) mass is 250 g/mol. The molecule has 4 N–H and O–H groups in total. The van der Waals surface area contributed by atoms with E-state index >= 15 is 0 Å². The molecule has 0 aliphatic rings. The Bertz CT molecular complexity index is 545. The molecule has 5 heteroatoms. The summed E-state index contributed by atoms with van der Waals surface area (Å²) in [5, 5.41) is 0.652. The topological polar surface area (TPSA) is 69.9 Å². The van der Waals surface area contributed by atoms with Gasteiger partial charge in [0.1, 0.15) is 11.5 Å². The van der Waals surface area contributed by atoms with Crippen LogP contribution in [0.5, 0.6) is 0 Å². The SMILES string of the molecule is CC(C)c1nc(-c2cccc(Cl)c2)c(N)n1N. The standard InChI is InChI=1S/C12H15ClN4/c1-7(2)12-16-10(11(14)17(12)15)8-4-3-5-9(13)6-8/h3-7H,14-15H2,1-2H3. The fourth-order valence-corrected chi connectivity index (χ4v) is 1.91. The minimum absolute atomic E-state index is 0.218. The summed E-state index contributed by atoms with van der Waals surface area (Å²) in [6.07, 6.45) is 0. The van der Waals surface area contributed by atoms with Crippen LogP contribution >= 0.6 is 11.6 Å². The van der Waals surface area contributed by atoms with E-state index in [0.29, 0.717) is 16.5 Å². The van der Waals surface area contributed by atoms with E-state index in [4.69, 9.17) is 23.2 Å². The van der Waals surface area contributed by atoms with Crippen LogP contribution in [0.3, 0.4) is 0 Å². The van der Waals surface area contributed by atoms with Gasteiger partial charge in [-0.2, -0.15) is 0 Å². The number of nitrogen functional groups attached to an aromatic ring is 2. The van der Waals surface area contributed by atoms with Crippen molar-refractivity contribution in [2.75, 3.05) is 11.6 Å². The number of anilines is 1. The molecule has 1 aromatic carbocycles. The fraction of sp³-hybridized carbons (Fsp3) is 0.250. The van der Waals surface area contributed by atoms with Crippen molar-refractivity contribution in [1.29, 1.82) is 0 Å². The highest BCUT2D eigenvalue weighted by Crippen LogP contribution is 2.29. The van der Waals surface area contributed by atoms with Crippen molar-refractivity contribution in [2.45, 2.75) is 19.8 Å². The molecular weight excluding hydrogens is 236 g/mol. The summed E-state index contributed by atoms with van der Waals surface area (Å²) in [6.45, 7) is 4.04. The maximum absolute atomic E-state index is 5.96. The highest BCUT2D eigenvalue weighted by molar-refractivity contribution is 6.30. The first-order chi connectivity index (χ1) is 8.00. The molecule has 90 valence electrons. The molecule has 0 atom stereocenters. The van der Waals surface area contributed by atoms with Crippen LogP contribution in [0, 0.1) is 0 Å². The van der Waals surface area contributed by atoms with Gasteiger partial charge < -0.3 is 11.6 Å². The third-order valence-corrected chi connectivity index (χ3v) is 2.82. The van der Waals surface area contributed by atoms with Crippen molar-refractivity contribution in [3.05, 3.63) is 35.1 Å². The molecule has 1 aromatic heterocycles. The number of aromatic nitrogens is 2. The van der Waals surface area contributed by atoms with Crippen molar-refractivity contribution in [3.8, 4) is 11.3 Å². The third kappa shape index (κ3) is 2.08. The van der Waals surface area contributed by atoms with E-state index in [2.05, 4.69) is 4.98 Å². The van der Waals surface area contributed by atoms with Crippen LogP contribution in [0.4, 0.5) is 5.82 Å². The van der Waals surface area contributed by atoms with E-state index in [1.165, 1.54) is 4.68 Å². The fourth-order valence-electron chi connectivity index (χ4n) is 1.72. The van der Waals surface area contributed by atoms with Gasteiger partial charge in [-0.25, -0.2) is 9.66 Å². The first-order valence-corrected chi connectivity index (χ1v) is 5.77. The average molecular weight is 251 g/mol. The van der Waals surface area contributed by atoms with Gasteiger partial charge in [0.15, 0.2) is 5.82 Å². The van der Waals surface area contributed by atoms with Crippen molar-refractivity contribution in [1.82, 2.24) is 9.66 Å². The quantitative estimate of drug-likeness (QED) is 0.805. The molecule has 0 saturated heterocycles. The lowest BCUT2D eigenvalue weighted by Gasteiger charge is -2.04. The number of imidazole rings is 1. The van der Waals surface area contributed by atoms with Crippen LogP contribution in [0.15, 0.2) is 24.3 Å². The van der Waals surface area contributed by atoms with E-state index in [0.717, 1.165) is 11.4 Å². The normalized spacial score (nSPS) is 11.1. The van der Waals surface area contributed by atoms with Gasteiger partial charge in [-0.1, -0.05) is 37.6 Å². The van der Waals surface area contributed by atoms with Gasteiger partial charge in [0.25, 0.3) is 0 Å². The molecule has 0 unspecified atom stereocenters. The Kier molecular flexibility index (Phi) is 2.98. The summed E-state index contributed by atoms with van der Waals surface area (Å²) >= 11 is 5.95. The van der Waals surface area contributed by atoms with Crippen molar-refractivity contribution < 1.29 is 0 Å². The van der Waals surface area contributed by atoms with Crippen molar-refractivity contribution in [3.63, 3.8) is 0 Å². The van der Waals surface area contributed by atoms with Gasteiger partial charge in [-0.15, -0.1) is 0 Å². The maximum atomic E-state index is 5.96. The van der Waals surface area contributed by atoms with Crippen molar-refractivity contribution >= 4 is 17.4 Å². The minimum atomic E-state index is 0.218. The second-order valence-corrected chi connectivity index (χ2v) is 4.68. The molecule has 2 rings (SSSR count). The van der Waals surface area contributed by atoms with E-state index < -0.39 is 0 Å². The summed E-state index contributed by atoms with van der Waals surface area (Å²) in [6, 6.07) is 7.41. The van der Waals surface area contributed by atoms with Gasteiger partial charge in [-0.3, -0.25) is 0 Å². The number of nitrogens with zero attached hydrogens (tertiary/aromatic N) is 2. The van der Waals surface area contributed by atoms with Gasteiger partial charge >= 0.3 is 0 Å². The summed E-state index contributed by atoms with van der Waals surface area (Å²) in [4.78, 5) is 4.47. The number of nitrogens with two attached hydrogens (primary N) is 2. The van der Waals surface area contributed by atoms with Gasteiger partial charge in [0.05, 0.1) is 0 Å². The largest absolute Gasteiger partial charge is 0.382 e. The molecule has 4 nitrogen and oxygen atoms in total. The number of halogens is 1. The lowest BCUT2D eigenvalue weighted by molar-refractivity contribution is 0.739. The zero-order valence-corrected chi connectivity index (χ0v) is 10.6. The van der Waals surface area contributed by atoms with Gasteiger partial charge in [0, 0.05) is 16.5 Å². The molecule has 2 aromatic rings. The summed E-state index contributed by atoms with van der Waals surface area (Å²) in [5.74, 6) is 7.31. The Labute approximate surface area is 105 Å². The molecule has 0 fully saturated rings. The molecule has 0 radical (unpaired) electrons. The van der Waals surface area contributed by atoms with Crippen LogP contribution in [-0.2, 0) is 0 Å². The van der Waals surface area contributed by atoms with Crippen LogP contribution in [0.1, 0.15) is 25.6 Å². The average Bonchev–Trinajstić information content (AvgIpc) is 2.56. The molecule has 17 heavy (non-hydrogen) atoms. The second-order valence-electron chi connectivity index (χ2n) is 4.24. The number of hydrogen-bond acceptors (Lipinski definition) is 3. The highest BCUT2D eigenvalue weighted by Gasteiger charge is 2.16. The molecule has 0 aliphatic heterocycles. The Morgan fingerprint density at radius 1 is 1.35 bits per heavy atom. The van der Waals surface area contributed by atoms with E-state index in [1.54, 1.807) is 0 Å². The summed E-state index contributed by atoms with van der Waals surface area (Å²) < 4.78 is 1.43. The summed E-state index contributed by atoms with van der Waals surface area (Å²) in [7, 11) is 0. The lowest BCUT2D eigenvalue weighted by Crippen LogP contribution is -2.16. The van der Waals surface area contributed by atoms with Gasteiger partial charge in [-0.05, 0) is 12.1 Å². The predicted octanol–water partition coefficient (Wildman–Crippen LogP) is 2.62. The number of hydrogen-bond donors (Lipinski definition) is 2. The Morgan fingerprint density at radius 3 is 2.59 bits per heavy atom. The highest BCUT2D eigenvalue weighted by atomic mass is 35.5. The zero-order valence-electron chi connectivity index (χ0n) is 9.81. The smallest absolute Gasteiger partial charge is 0.150 e. The Balaban J connectivity index is 2.57. The van der Waals surface area contributed by atoms with E-state index in [-0.39, 0.29) is 5.92 Å². The van der Waals surface area contributed by atoms with Crippen LogP contribution < -0.4 is 11.6 Å². The third-order valence-electron chi connectivity index (χ3n) is 2.59. The second kappa shape index (κ2) is 4.30. The number of benzene rings is 1. The van der Waals surface area contributed by atoms with Crippen LogP contribution in [0.2, 0.25) is 5.02 Å². The maximum Gasteiger partial charge on any atom is 0.150 e. The Morgan fingerprint density at radius 2 is 2.06 bits per heavy atom. The van der Waals surface area contributed by atoms with E-state index in [1.807, 2.05) is 38.1 Å². The molecule has 0 bridgehead atoms. The minimum Gasteiger partial charge on any atom is -0.382 e. The predicted molar refractivity (Wildman–Crippen MR) is 71.3 cm³/mol. The molecule has 0 saturated carbocycles. The van der Waals surface area contributed by atoms with E-state index in [9.17, 15) is 0 Å². The first-order valence-electron chi connectivity index (χ1n) is 5.40. The molecule has 0 aliphatic carbocycles. The zero-order chi connectivity index (χ0) is 12.6. The molecular formula is C12H15ClN4. The van der Waals surface area contributed by atoms with Gasteiger partial charge in [0.2, 0.25) is 0 Å². The van der Waals surface area contributed by atoms with Crippen molar-refractivity contribution in [2.24, 2.45) is 0 Å². The molecule has 1 heterocycles. The Hall–Kier alpha value is -1.68. The number of rotatable bonds is 2. The van der Waals surface area contributed by atoms with Crippen LogP contribution in [0.25, 0.3) is 11.3 Å². The summed E-state index contributed by atoms with van der Waals surface area (Å²) in [5.41, 5.74) is 7.51. The lowest BCUT2D eigenvalue weighted by atomic mass is 10.1.